The summed E-state index contributed by atoms with van der Waals surface area (Å²) in [6.07, 6.45) is -0.698. The van der Waals surface area contributed by atoms with Gasteiger partial charge in [-0.2, -0.15) is 0 Å². The molecule has 0 aromatic carbocycles. The lowest BCUT2D eigenvalue weighted by atomic mass is 9.97. The van der Waals surface area contributed by atoms with Crippen LogP contribution >= 0.6 is 0 Å². The second kappa shape index (κ2) is 4.23. The molecule has 19 heavy (non-hydrogen) atoms. The van der Waals surface area contributed by atoms with Crippen LogP contribution < -0.4 is 0 Å². The summed E-state index contributed by atoms with van der Waals surface area (Å²) in [6, 6.07) is 0. The number of aldehydes is 1. The van der Waals surface area contributed by atoms with Gasteiger partial charge < -0.3 is 28.5 Å². The highest BCUT2D eigenvalue weighted by molar-refractivity contribution is 5.50. The van der Waals surface area contributed by atoms with Crippen LogP contribution in [0.5, 0.6) is 0 Å². The lowest BCUT2D eigenvalue weighted by molar-refractivity contribution is -0.233. The first-order valence-electron chi connectivity index (χ1n) is 6.62. The van der Waals surface area contributed by atoms with Crippen molar-refractivity contribution in [3.63, 3.8) is 0 Å². The van der Waals surface area contributed by atoms with Gasteiger partial charge in [-0.15, -0.1) is 0 Å². The minimum Gasteiger partial charge on any atom is -0.343 e. The first-order valence-corrected chi connectivity index (χ1v) is 6.62. The molecule has 0 spiro atoms. The van der Waals surface area contributed by atoms with Gasteiger partial charge in [-0.25, -0.2) is 0 Å². The smallest absolute Gasteiger partial charge is 0.190 e. The molecule has 3 rings (SSSR count). The molecule has 3 saturated heterocycles. The van der Waals surface area contributed by atoms with Gasteiger partial charge in [-0.1, -0.05) is 0 Å². The van der Waals surface area contributed by atoms with Gasteiger partial charge in [0.15, 0.2) is 17.9 Å². The van der Waals surface area contributed by atoms with Crippen LogP contribution in [0.15, 0.2) is 0 Å². The summed E-state index contributed by atoms with van der Waals surface area (Å²) in [6.45, 7) is 7.36. The van der Waals surface area contributed by atoms with Crippen LogP contribution in [0, 0.1) is 0 Å². The van der Waals surface area contributed by atoms with Crippen molar-refractivity contribution in [2.75, 3.05) is 0 Å². The van der Waals surface area contributed by atoms with Crippen LogP contribution in [-0.4, -0.2) is 48.6 Å². The Morgan fingerprint density at radius 2 is 1.47 bits per heavy atom. The molecule has 3 aliphatic heterocycles. The summed E-state index contributed by atoms with van der Waals surface area (Å²) in [5, 5.41) is 0. The Morgan fingerprint density at radius 3 is 2.16 bits per heavy atom. The summed E-state index contributed by atoms with van der Waals surface area (Å²) in [5.41, 5.74) is 0. The number of hydrogen-bond donors (Lipinski definition) is 0. The number of fused-ring (bicyclic) bond motifs is 3. The number of ether oxygens (including phenoxy) is 5. The molecule has 0 aromatic rings. The maximum atomic E-state index is 10.8. The Balaban J connectivity index is 1.86. The van der Waals surface area contributed by atoms with Gasteiger partial charge in [0.2, 0.25) is 0 Å². The van der Waals surface area contributed by atoms with Crippen molar-refractivity contribution < 1.29 is 28.5 Å². The standard InChI is InChI=1S/C13H20O6/c1-12(2)16-8-7(5-6-14)15-11-10(9(8)17-12)18-13(3,4)19-11/h6-11H,5H2,1-4H3/t7?,8?,9-,10?,11+/m0/s1. The molecule has 0 aromatic heterocycles. The molecule has 0 N–H and O–H groups in total. The minimum atomic E-state index is -0.716. The van der Waals surface area contributed by atoms with Gasteiger partial charge in [-0.05, 0) is 27.7 Å². The molecule has 0 radical (unpaired) electrons. The molecular weight excluding hydrogens is 252 g/mol. The van der Waals surface area contributed by atoms with E-state index < -0.39 is 17.9 Å². The molecule has 0 aliphatic carbocycles. The van der Waals surface area contributed by atoms with Crippen molar-refractivity contribution in [1.29, 1.82) is 0 Å². The van der Waals surface area contributed by atoms with Crippen LogP contribution in [0.1, 0.15) is 34.1 Å². The second-order valence-electron chi connectivity index (χ2n) is 6.11. The van der Waals surface area contributed by atoms with E-state index in [0.717, 1.165) is 6.29 Å². The maximum Gasteiger partial charge on any atom is 0.190 e. The Bertz CT molecular complexity index is 379. The third-order valence-electron chi connectivity index (χ3n) is 3.58. The first-order chi connectivity index (χ1) is 8.81. The van der Waals surface area contributed by atoms with Crippen LogP contribution in [0.25, 0.3) is 0 Å². The average molecular weight is 272 g/mol. The second-order valence-corrected chi connectivity index (χ2v) is 6.11. The molecule has 6 nitrogen and oxygen atoms in total. The molecule has 0 bridgehead atoms. The van der Waals surface area contributed by atoms with Crippen molar-refractivity contribution in [3.05, 3.63) is 0 Å². The fourth-order valence-electron chi connectivity index (χ4n) is 2.98. The largest absolute Gasteiger partial charge is 0.343 e. The average Bonchev–Trinajstić information content (AvgIpc) is 2.74. The van der Waals surface area contributed by atoms with E-state index in [1.54, 1.807) is 0 Å². The minimum absolute atomic E-state index is 0.258. The van der Waals surface area contributed by atoms with E-state index in [1.807, 2.05) is 27.7 Å². The first kappa shape index (κ1) is 13.5. The third kappa shape index (κ3) is 2.32. The molecule has 3 aliphatic rings. The van der Waals surface area contributed by atoms with E-state index in [1.165, 1.54) is 0 Å². The molecule has 108 valence electrons. The van der Waals surface area contributed by atoms with Gasteiger partial charge >= 0.3 is 0 Å². The van der Waals surface area contributed by atoms with Crippen molar-refractivity contribution in [2.45, 2.75) is 76.4 Å². The highest BCUT2D eigenvalue weighted by atomic mass is 16.9. The van der Waals surface area contributed by atoms with Gasteiger partial charge in [-0.3, -0.25) is 0 Å². The van der Waals surface area contributed by atoms with Crippen LogP contribution in [0.3, 0.4) is 0 Å². The lowest BCUT2D eigenvalue weighted by Crippen LogP contribution is -2.55. The molecular formula is C13H20O6. The van der Waals surface area contributed by atoms with Gasteiger partial charge in [0.1, 0.15) is 24.6 Å². The molecule has 0 amide bonds. The monoisotopic (exact) mass is 272 g/mol. The molecule has 3 fully saturated rings. The number of hydrogen-bond acceptors (Lipinski definition) is 6. The van der Waals surface area contributed by atoms with Crippen molar-refractivity contribution >= 4 is 6.29 Å². The molecule has 3 heterocycles. The fraction of sp³-hybridized carbons (Fsp3) is 0.923. The van der Waals surface area contributed by atoms with Crippen molar-refractivity contribution in [1.82, 2.24) is 0 Å². The molecule has 0 saturated carbocycles. The Hall–Kier alpha value is -0.530. The molecule has 3 unspecified atom stereocenters. The topological polar surface area (TPSA) is 63.2 Å². The van der Waals surface area contributed by atoms with E-state index >= 15 is 0 Å². The van der Waals surface area contributed by atoms with Crippen molar-refractivity contribution in [3.8, 4) is 0 Å². The van der Waals surface area contributed by atoms with E-state index in [-0.39, 0.29) is 30.8 Å². The normalized spacial score (nSPS) is 46.6. The SMILES string of the molecule is CC1(C)OC2[C@H](OC(CC=O)C3OC(C)(C)O[C@@H]32)O1. The van der Waals surface area contributed by atoms with Crippen molar-refractivity contribution in [2.24, 2.45) is 0 Å². The summed E-state index contributed by atoms with van der Waals surface area (Å²) >= 11 is 0. The van der Waals surface area contributed by atoms with Gasteiger partial charge in [0, 0.05) is 6.42 Å². The number of carbonyl (C=O) groups excluding carboxylic acids is 1. The number of rotatable bonds is 2. The predicted molar refractivity (Wildman–Crippen MR) is 63.2 cm³/mol. The van der Waals surface area contributed by atoms with E-state index in [0.29, 0.717) is 0 Å². The van der Waals surface area contributed by atoms with Gasteiger partial charge in [0.25, 0.3) is 0 Å². The Morgan fingerprint density at radius 1 is 0.895 bits per heavy atom. The lowest BCUT2D eigenvalue weighted by Gasteiger charge is -2.36. The van der Waals surface area contributed by atoms with Crippen LogP contribution in [0.4, 0.5) is 0 Å². The highest BCUT2D eigenvalue weighted by Crippen LogP contribution is 2.44. The quantitative estimate of drug-likeness (QED) is 0.698. The zero-order valence-electron chi connectivity index (χ0n) is 11.6. The van der Waals surface area contributed by atoms with Crippen LogP contribution in [-0.2, 0) is 28.5 Å². The Kier molecular flexibility index (Phi) is 3.00. The van der Waals surface area contributed by atoms with Gasteiger partial charge in [0.05, 0.1) is 6.10 Å². The number of carbonyl (C=O) groups is 1. The van der Waals surface area contributed by atoms with E-state index in [4.69, 9.17) is 23.7 Å². The fourth-order valence-corrected chi connectivity index (χ4v) is 2.98. The summed E-state index contributed by atoms with van der Waals surface area (Å²) in [4.78, 5) is 10.8. The predicted octanol–water partition coefficient (Wildman–Crippen LogP) is 0.972. The Labute approximate surface area is 112 Å². The molecule has 5 atom stereocenters. The summed E-state index contributed by atoms with van der Waals surface area (Å²) < 4.78 is 29.1. The van der Waals surface area contributed by atoms with Crippen LogP contribution in [0.2, 0.25) is 0 Å². The summed E-state index contributed by atoms with van der Waals surface area (Å²) in [7, 11) is 0. The maximum absolute atomic E-state index is 10.8. The van der Waals surface area contributed by atoms with E-state index in [2.05, 4.69) is 0 Å². The van der Waals surface area contributed by atoms with E-state index in [9.17, 15) is 4.79 Å². The zero-order valence-corrected chi connectivity index (χ0v) is 11.6. The molecule has 6 heteroatoms. The highest BCUT2D eigenvalue weighted by Gasteiger charge is 2.60. The summed E-state index contributed by atoms with van der Waals surface area (Å²) in [5.74, 6) is -1.42. The zero-order chi connectivity index (χ0) is 13.8. The third-order valence-corrected chi connectivity index (χ3v) is 3.58.